The highest BCUT2D eigenvalue weighted by atomic mass is 35.5. The molecular formula is C19H35ClOSi. The van der Waals surface area contributed by atoms with Gasteiger partial charge in [-0.15, -0.1) is 5.54 Å². The zero-order valence-electron chi connectivity index (χ0n) is 14.9. The second-order valence-electron chi connectivity index (χ2n) is 6.15. The van der Waals surface area contributed by atoms with Gasteiger partial charge in [0.2, 0.25) is 0 Å². The van der Waals surface area contributed by atoms with Crippen LogP contribution < -0.4 is 0 Å². The molecule has 0 unspecified atom stereocenters. The molecule has 0 rings (SSSR count). The van der Waals surface area contributed by atoms with Gasteiger partial charge >= 0.3 is 0 Å². The fraction of sp³-hybridized carbons (Fsp3) is 0.789. The Morgan fingerprint density at radius 3 is 1.91 bits per heavy atom. The van der Waals surface area contributed by atoms with Gasteiger partial charge in [0.1, 0.15) is 8.07 Å². The number of allylic oxidation sites excluding steroid dienone is 2. The number of aliphatic hydroxyl groups excluding tert-OH is 1. The van der Waals surface area contributed by atoms with Gasteiger partial charge in [0.05, 0.1) is 0 Å². The Labute approximate surface area is 144 Å². The standard InChI is InChI=1S/C19H35ClOSi/c1-4-22(5-2,6-3)18-14-16-19(20)15-12-10-8-7-9-11-13-17-21/h16,21H,4-13,15,17H2,1-3H3/b19-16-. The molecule has 1 N–H and O–H groups in total. The Kier molecular flexibility index (Phi) is 14.2. The van der Waals surface area contributed by atoms with Gasteiger partial charge < -0.3 is 5.11 Å². The molecule has 0 aromatic heterocycles. The molecule has 0 atom stereocenters. The lowest BCUT2D eigenvalue weighted by Crippen LogP contribution is -2.29. The first-order valence-corrected chi connectivity index (χ1v) is 12.1. The van der Waals surface area contributed by atoms with E-state index in [1.165, 1.54) is 43.8 Å². The van der Waals surface area contributed by atoms with E-state index < -0.39 is 8.07 Å². The van der Waals surface area contributed by atoms with E-state index in [1.54, 1.807) is 0 Å². The molecule has 0 heterocycles. The van der Waals surface area contributed by atoms with Crippen LogP contribution in [0.15, 0.2) is 11.1 Å². The molecule has 0 fully saturated rings. The molecule has 3 heteroatoms. The smallest absolute Gasteiger partial charge is 0.138 e. The Hall–Kier alpha value is -0.233. The SMILES string of the molecule is CC[Si](C#C/C=C(\Cl)CCCCCCCCCO)(CC)CC. The number of halogens is 1. The van der Waals surface area contributed by atoms with Crippen LogP contribution in [-0.2, 0) is 0 Å². The van der Waals surface area contributed by atoms with Gasteiger partial charge in [0, 0.05) is 17.7 Å². The van der Waals surface area contributed by atoms with E-state index in [-0.39, 0.29) is 0 Å². The van der Waals surface area contributed by atoms with Crippen LogP contribution in [0.1, 0.15) is 72.1 Å². The minimum Gasteiger partial charge on any atom is -0.396 e. The molecule has 0 bridgehead atoms. The summed E-state index contributed by atoms with van der Waals surface area (Å²) in [7, 11) is -1.33. The van der Waals surface area contributed by atoms with Gasteiger partial charge in [-0.25, -0.2) is 0 Å². The monoisotopic (exact) mass is 342 g/mol. The van der Waals surface area contributed by atoms with E-state index in [9.17, 15) is 0 Å². The fourth-order valence-corrected chi connectivity index (χ4v) is 5.24. The van der Waals surface area contributed by atoms with Crippen molar-refractivity contribution >= 4 is 19.7 Å². The normalized spacial score (nSPS) is 12.1. The number of aliphatic hydroxyl groups is 1. The van der Waals surface area contributed by atoms with Gasteiger partial charge in [0.25, 0.3) is 0 Å². The highest BCUT2D eigenvalue weighted by Crippen LogP contribution is 2.19. The number of rotatable bonds is 12. The number of unbranched alkanes of at least 4 members (excludes halogenated alkanes) is 6. The van der Waals surface area contributed by atoms with Crippen LogP contribution in [0, 0.1) is 11.5 Å². The summed E-state index contributed by atoms with van der Waals surface area (Å²) in [5.41, 5.74) is 3.55. The molecule has 0 aliphatic rings. The van der Waals surface area contributed by atoms with Crippen molar-refractivity contribution < 1.29 is 5.11 Å². The lowest BCUT2D eigenvalue weighted by molar-refractivity contribution is 0.282. The molecule has 0 saturated carbocycles. The van der Waals surface area contributed by atoms with Crippen molar-refractivity contribution in [3.8, 4) is 11.5 Å². The fourth-order valence-electron chi connectivity index (χ4n) is 2.64. The van der Waals surface area contributed by atoms with Crippen molar-refractivity contribution in [2.45, 2.75) is 90.3 Å². The van der Waals surface area contributed by atoms with Crippen molar-refractivity contribution in [1.29, 1.82) is 0 Å². The number of hydrogen-bond donors (Lipinski definition) is 1. The molecule has 1 nitrogen and oxygen atoms in total. The second-order valence-corrected chi connectivity index (χ2v) is 11.6. The summed E-state index contributed by atoms with van der Waals surface area (Å²) in [6.45, 7) is 7.17. The van der Waals surface area contributed by atoms with E-state index in [0.29, 0.717) is 6.61 Å². The van der Waals surface area contributed by atoms with Crippen LogP contribution >= 0.6 is 11.6 Å². The maximum absolute atomic E-state index is 8.71. The van der Waals surface area contributed by atoms with Crippen LogP contribution in [0.5, 0.6) is 0 Å². The van der Waals surface area contributed by atoms with E-state index in [4.69, 9.17) is 16.7 Å². The highest BCUT2D eigenvalue weighted by molar-refractivity contribution is 6.87. The van der Waals surface area contributed by atoms with Crippen LogP contribution in [0.3, 0.4) is 0 Å². The average Bonchev–Trinajstić information content (AvgIpc) is 2.54. The summed E-state index contributed by atoms with van der Waals surface area (Å²) in [4.78, 5) is 0. The van der Waals surface area contributed by atoms with Crippen molar-refractivity contribution in [3.63, 3.8) is 0 Å². The Morgan fingerprint density at radius 1 is 0.909 bits per heavy atom. The first kappa shape index (κ1) is 21.8. The Balaban J connectivity index is 3.91. The summed E-state index contributed by atoms with van der Waals surface area (Å²) in [6.07, 6.45) is 11.2. The van der Waals surface area contributed by atoms with Crippen LogP contribution in [0.2, 0.25) is 18.1 Å². The molecule has 0 amide bonds. The van der Waals surface area contributed by atoms with Gasteiger partial charge in [-0.3, -0.25) is 0 Å². The van der Waals surface area contributed by atoms with Crippen molar-refractivity contribution in [1.82, 2.24) is 0 Å². The highest BCUT2D eigenvalue weighted by Gasteiger charge is 2.23. The summed E-state index contributed by atoms with van der Waals surface area (Å²) < 4.78 is 0. The maximum atomic E-state index is 8.71. The molecule has 128 valence electrons. The van der Waals surface area contributed by atoms with E-state index in [0.717, 1.165) is 30.7 Å². The quantitative estimate of drug-likeness (QED) is 0.251. The molecule has 0 spiro atoms. The van der Waals surface area contributed by atoms with Gasteiger partial charge in [-0.1, -0.05) is 70.4 Å². The van der Waals surface area contributed by atoms with Gasteiger partial charge in [0.15, 0.2) is 0 Å². The third-order valence-corrected chi connectivity index (χ3v) is 9.70. The van der Waals surface area contributed by atoms with Crippen LogP contribution in [0.25, 0.3) is 0 Å². The van der Waals surface area contributed by atoms with E-state index in [2.05, 4.69) is 32.2 Å². The third kappa shape index (κ3) is 10.5. The predicted molar refractivity (Wildman–Crippen MR) is 103 cm³/mol. The minimum atomic E-state index is -1.33. The number of hydrogen-bond acceptors (Lipinski definition) is 1. The molecule has 22 heavy (non-hydrogen) atoms. The second kappa shape index (κ2) is 14.4. The van der Waals surface area contributed by atoms with Crippen LogP contribution in [-0.4, -0.2) is 19.8 Å². The van der Waals surface area contributed by atoms with Gasteiger partial charge in [-0.2, -0.15) is 0 Å². The zero-order valence-corrected chi connectivity index (χ0v) is 16.6. The summed E-state index contributed by atoms with van der Waals surface area (Å²) in [5, 5.41) is 9.62. The Morgan fingerprint density at radius 2 is 1.41 bits per heavy atom. The summed E-state index contributed by atoms with van der Waals surface area (Å²) in [5.74, 6) is 3.25. The van der Waals surface area contributed by atoms with Gasteiger partial charge in [-0.05, 0) is 37.4 Å². The molecule has 0 aromatic carbocycles. The molecule has 0 aliphatic carbocycles. The van der Waals surface area contributed by atoms with Crippen molar-refractivity contribution in [2.75, 3.05) is 6.61 Å². The minimum absolute atomic E-state index is 0.333. The van der Waals surface area contributed by atoms with Crippen LogP contribution in [0.4, 0.5) is 0 Å². The lowest BCUT2D eigenvalue weighted by atomic mass is 10.1. The Bertz CT molecular complexity index is 342. The first-order valence-electron chi connectivity index (χ1n) is 9.12. The lowest BCUT2D eigenvalue weighted by Gasteiger charge is -2.19. The molecule has 0 aliphatic heterocycles. The molecule has 0 radical (unpaired) electrons. The molecule has 0 saturated heterocycles. The predicted octanol–water partition coefficient (Wildman–Crippen LogP) is 6.27. The largest absolute Gasteiger partial charge is 0.396 e. The van der Waals surface area contributed by atoms with E-state index in [1.807, 2.05) is 6.08 Å². The zero-order chi connectivity index (χ0) is 16.7. The summed E-state index contributed by atoms with van der Waals surface area (Å²) in [6, 6.07) is 3.73. The maximum Gasteiger partial charge on any atom is 0.138 e. The summed E-state index contributed by atoms with van der Waals surface area (Å²) >= 11 is 6.27. The van der Waals surface area contributed by atoms with Crippen molar-refractivity contribution in [2.24, 2.45) is 0 Å². The molecular weight excluding hydrogens is 308 g/mol. The third-order valence-electron chi connectivity index (χ3n) is 4.67. The average molecular weight is 343 g/mol. The van der Waals surface area contributed by atoms with E-state index >= 15 is 0 Å². The topological polar surface area (TPSA) is 20.2 Å². The molecule has 0 aromatic rings. The first-order chi connectivity index (χ1) is 10.6. The van der Waals surface area contributed by atoms with Crippen molar-refractivity contribution in [3.05, 3.63) is 11.1 Å².